The highest BCUT2D eigenvalue weighted by molar-refractivity contribution is 4.82. The lowest BCUT2D eigenvalue weighted by molar-refractivity contribution is 0.131. The molecule has 1 rings (SSSR count). The summed E-state index contributed by atoms with van der Waals surface area (Å²) in [6.45, 7) is 9.48. The third-order valence-electron chi connectivity index (χ3n) is 4.35. The fourth-order valence-electron chi connectivity index (χ4n) is 2.60. The van der Waals surface area contributed by atoms with E-state index in [1.165, 1.54) is 38.9 Å². The topological polar surface area (TPSA) is 18.5 Å². The number of nitrogens with one attached hydrogen (secondary N) is 1. The summed E-state index contributed by atoms with van der Waals surface area (Å²) in [6, 6.07) is 0. The maximum absolute atomic E-state index is 3.28. The van der Waals surface area contributed by atoms with Crippen LogP contribution in [0.4, 0.5) is 0 Å². The number of hydrogen-bond donors (Lipinski definition) is 1. The van der Waals surface area contributed by atoms with Gasteiger partial charge in [-0.1, -0.05) is 0 Å². The molecule has 0 amide bonds. The minimum atomic E-state index is 0.264. The molecular weight excluding hydrogens is 210 g/mol. The molecule has 0 aromatic carbocycles. The normalized spacial score (nSPS) is 20.1. The van der Waals surface area contributed by atoms with Crippen LogP contribution in [-0.4, -0.2) is 62.7 Å². The van der Waals surface area contributed by atoms with Gasteiger partial charge >= 0.3 is 0 Å². The van der Waals surface area contributed by atoms with Gasteiger partial charge in [-0.25, -0.2) is 0 Å². The lowest BCUT2D eigenvalue weighted by atomic mass is 9.92. The smallest absolute Gasteiger partial charge is 0.0274 e. The first-order chi connectivity index (χ1) is 7.95. The Hall–Kier alpha value is -0.120. The van der Waals surface area contributed by atoms with Crippen LogP contribution in [0.25, 0.3) is 0 Å². The Morgan fingerprint density at radius 3 is 2.41 bits per heavy atom. The first kappa shape index (κ1) is 14.9. The van der Waals surface area contributed by atoms with E-state index in [1.807, 2.05) is 7.05 Å². The van der Waals surface area contributed by atoms with Crippen LogP contribution in [0.3, 0.4) is 0 Å². The fourth-order valence-corrected chi connectivity index (χ4v) is 2.60. The summed E-state index contributed by atoms with van der Waals surface area (Å²) in [7, 11) is 6.53. The third-order valence-corrected chi connectivity index (χ3v) is 4.35. The van der Waals surface area contributed by atoms with E-state index >= 15 is 0 Å². The van der Waals surface area contributed by atoms with E-state index < -0.39 is 0 Å². The van der Waals surface area contributed by atoms with Crippen molar-refractivity contribution in [2.24, 2.45) is 5.92 Å². The second-order valence-corrected chi connectivity index (χ2v) is 6.30. The van der Waals surface area contributed by atoms with Gasteiger partial charge in [0.1, 0.15) is 0 Å². The highest BCUT2D eigenvalue weighted by Gasteiger charge is 2.24. The monoisotopic (exact) mass is 241 g/mol. The lowest BCUT2D eigenvalue weighted by Crippen LogP contribution is -2.48. The minimum absolute atomic E-state index is 0.264. The highest BCUT2D eigenvalue weighted by atomic mass is 15.2. The quantitative estimate of drug-likeness (QED) is 0.763. The van der Waals surface area contributed by atoms with E-state index in [4.69, 9.17) is 0 Å². The van der Waals surface area contributed by atoms with Crippen molar-refractivity contribution in [1.29, 1.82) is 0 Å². The summed E-state index contributed by atoms with van der Waals surface area (Å²) in [4.78, 5) is 4.95. The van der Waals surface area contributed by atoms with Crippen molar-refractivity contribution in [2.45, 2.75) is 38.6 Å². The average molecular weight is 241 g/mol. The lowest BCUT2D eigenvalue weighted by Gasteiger charge is -2.37. The molecule has 1 saturated heterocycles. The number of piperidine rings is 1. The van der Waals surface area contributed by atoms with Crippen molar-refractivity contribution in [1.82, 2.24) is 15.1 Å². The number of rotatable bonds is 6. The van der Waals surface area contributed by atoms with E-state index in [0.29, 0.717) is 0 Å². The van der Waals surface area contributed by atoms with Crippen molar-refractivity contribution >= 4 is 0 Å². The molecule has 0 aromatic rings. The highest BCUT2D eigenvalue weighted by Crippen LogP contribution is 2.21. The van der Waals surface area contributed by atoms with Gasteiger partial charge in [0.2, 0.25) is 0 Å². The Labute approximate surface area is 108 Å². The van der Waals surface area contributed by atoms with Crippen LogP contribution in [0.2, 0.25) is 0 Å². The van der Waals surface area contributed by atoms with Crippen LogP contribution in [0, 0.1) is 5.92 Å². The summed E-state index contributed by atoms with van der Waals surface area (Å²) in [5, 5.41) is 3.28. The van der Waals surface area contributed by atoms with E-state index in [9.17, 15) is 0 Å². The zero-order chi connectivity index (χ0) is 12.9. The Morgan fingerprint density at radius 1 is 1.29 bits per heavy atom. The maximum atomic E-state index is 3.28. The summed E-state index contributed by atoms with van der Waals surface area (Å²) >= 11 is 0. The SMILES string of the molecule is CNCC(C)(C)N(C)CCC1CCN(C)CC1. The molecule has 3 heteroatoms. The van der Waals surface area contributed by atoms with E-state index in [1.54, 1.807) is 0 Å². The molecule has 1 heterocycles. The molecule has 3 nitrogen and oxygen atoms in total. The van der Waals surface area contributed by atoms with Gasteiger partial charge in [-0.2, -0.15) is 0 Å². The second-order valence-electron chi connectivity index (χ2n) is 6.30. The number of nitrogens with zero attached hydrogens (tertiary/aromatic N) is 2. The minimum Gasteiger partial charge on any atom is -0.318 e. The largest absolute Gasteiger partial charge is 0.318 e. The van der Waals surface area contributed by atoms with Gasteiger partial charge in [-0.3, -0.25) is 4.90 Å². The van der Waals surface area contributed by atoms with Crippen molar-refractivity contribution in [3.63, 3.8) is 0 Å². The van der Waals surface area contributed by atoms with Gasteiger partial charge in [-0.15, -0.1) is 0 Å². The zero-order valence-corrected chi connectivity index (χ0v) is 12.4. The molecule has 0 saturated carbocycles. The van der Waals surface area contributed by atoms with Crippen LogP contribution in [0.15, 0.2) is 0 Å². The summed E-state index contributed by atoms with van der Waals surface area (Å²) in [5.74, 6) is 0.944. The second kappa shape index (κ2) is 6.72. The maximum Gasteiger partial charge on any atom is 0.0274 e. The molecule has 0 aliphatic carbocycles. The number of hydrogen-bond acceptors (Lipinski definition) is 3. The van der Waals surface area contributed by atoms with Crippen LogP contribution in [0.1, 0.15) is 33.1 Å². The molecule has 17 heavy (non-hydrogen) atoms. The van der Waals surface area contributed by atoms with E-state index in [2.05, 4.69) is 43.1 Å². The van der Waals surface area contributed by atoms with Gasteiger partial charge < -0.3 is 10.2 Å². The molecule has 0 spiro atoms. The molecule has 0 atom stereocenters. The molecule has 1 fully saturated rings. The molecule has 0 bridgehead atoms. The molecule has 0 radical (unpaired) electrons. The first-order valence-corrected chi connectivity index (χ1v) is 7.00. The van der Waals surface area contributed by atoms with Gasteiger partial charge in [0.25, 0.3) is 0 Å². The van der Waals surface area contributed by atoms with E-state index in [-0.39, 0.29) is 5.54 Å². The van der Waals surface area contributed by atoms with Crippen LogP contribution in [-0.2, 0) is 0 Å². The Bertz CT molecular complexity index is 208. The fraction of sp³-hybridized carbons (Fsp3) is 1.00. The first-order valence-electron chi connectivity index (χ1n) is 7.00. The van der Waals surface area contributed by atoms with Crippen molar-refractivity contribution in [2.75, 3.05) is 47.3 Å². The molecule has 0 unspecified atom stereocenters. The third kappa shape index (κ3) is 4.94. The standard InChI is InChI=1S/C14H31N3/c1-14(2,12-15-3)17(5)11-8-13-6-9-16(4)10-7-13/h13,15H,6-12H2,1-5H3. The average Bonchev–Trinajstić information content (AvgIpc) is 2.27. The molecular formula is C14H31N3. The molecule has 102 valence electrons. The van der Waals surface area contributed by atoms with Crippen molar-refractivity contribution in [3.8, 4) is 0 Å². The van der Waals surface area contributed by atoms with Crippen LogP contribution < -0.4 is 5.32 Å². The summed E-state index contributed by atoms with van der Waals surface area (Å²) in [6.07, 6.45) is 4.13. The number of likely N-dealkylation sites (tertiary alicyclic amines) is 1. The molecule has 1 aliphatic rings. The van der Waals surface area contributed by atoms with Gasteiger partial charge in [0, 0.05) is 12.1 Å². The Balaban J connectivity index is 2.25. The molecule has 0 aromatic heterocycles. The van der Waals surface area contributed by atoms with Crippen LogP contribution >= 0.6 is 0 Å². The van der Waals surface area contributed by atoms with E-state index in [0.717, 1.165) is 12.5 Å². The summed E-state index contributed by atoms with van der Waals surface area (Å²) in [5.41, 5.74) is 0.264. The predicted octanol–water partition coefficient (Wildman–Crippen LogP) is 1.65. The predicted molar refractivity (Wildman–Crippen MR) is 75.5 cm³/mol. The molecule has 1 N–H and O–H groups in total. The van der Waals surface area contributed by atoms with Gasteiger partial charge in [0.15, 0.2) is 0 Å². The number of likely N-dealkylation sites (N-methyl/N-ethyl adjacent to an activating group) is 2. The zero-order valence-electron chi connectivity index (χ0n) is 12.4. The Morgan fingerprint density at radius 2 is 1.88 bits per heavy atom. The summed E-state index contributed by atoms with van der Waals surface area (Å²) < 4.78 is 0. The van der Waals surface area contributed by atoms with Crippen LogP contribution in [0.5, 0.6) is 0 Å². The van der Waals surface area contributed by atoms with Crippen molar-refractivity contribution in [3.05, 3.63) is 0 Å². The van der Waals surface area contributed by atoms with Gasteiger partial charge in [-0.05, 0) is 79.8 Å². The molecule has 1 aliphatic heterocycles. The Kier molecular flexibility index (Phi) is 5.90. The van der Waals surface area contributed by atoms with Crippen molar-refractivity contribution < 1.29 is 0 Å². The van der Waals surface area contributed by atoms with Gasteiger partial charge in [0.05, 0.1) is 0 Å².